The minimum atomic E-state index is 0.407. The molecule has 1 aliphatic heterocycles. The van der Waals surface area contributed by atoms with Gasteiger partial charge in [0.1, 0.15) is 5.75 Å². The summed E-state index contributed by atoms with van der Waals surface area (Å²) in [5, 5.41) is 0. The van der Waals surface area contributed by atoms with Crippen LogP contribution in [0.25, 0.3) is 0 Å². The third-order valence-corrected chi connectivity index (χ3v) is 3.86. The zero-order valence-corrected chi connectivity index (χ0v) is 11.7. The molecule has 2 rings (SSSR count). The Labute approximate surface area is 115 Å². The molecule has 0 radical (unpaired) electrons. The van der Waals surface area contributed by atoms with Crippen LogP contribution < -0.4 is 4.74 Å². The molecule has 4 nitrogen and oxygen atoms in total. The molecule has 0 spiro atoms. The van der Waals surface area contributed by atoms with Gasteiger partial charge in [-0.15, -0.1) is 0 Å². The molecule has 4 heteroatoms. The summed E-state index contributed by atoms with van der Waals surface area (Å²) in [6.07, 6.45) is 3.06. The Bertz CT molecular complexity index is 397. The number of hydrogen-bond donors (Lipinski definition) is 0. The van der Waals surface area contributed by atoms with Crippen molar-refractivity contribution in [2.75, 3.05) is 27.2 Å². The average Bonchev–Trinajstić information content (AvgIpc) is 2.48. The molecular formula is C15H22N2O2. The first-order valence-electron chi connectivity index (χ1n) is 6.75. The van der Waals surface area contributed by atoms with E-state index >= 15 is 0 Å². The molecule has 1 aromatic carbocycles. The third kappa shape index (κ3) is 3.70. The van der Waals surface area contributed by atoms with Crippen molar-refractivity contribution in [3.05, 3.63) is 29.8 Å². The predicted octanol–water partition coefficient (Wildman–Crippen LogP) is 1.75. The van der Waals surface area contributed by atoms with Gasteiger partial charge in [0.25, 0.3) is 0 Å². The molecule has 1 aromatic rings. The Morgan fingerprint density at radius 1 is 1.32 bits per heavy atom. The molecule has 1 heterocycles. The van der Waals surface area contributed by atoms with Gasteiger partial charge in [-0.05, 0) is 30.5 Å². The van der Waals surface area contributed by atoms with Crippen LogP contribution in [-0.2, 0) is 11.3 Å². The van der Waals surface area contributed by atoms with Crippen LogP contribution >= 0.6 is 0 Å². The van der Waals surface area contributed by atoms with Gasteiger partial charge < -0.3 is 9.64 Å². The minimum absolute atomic E-state index is 0.407. The number of likely N-dealkylation sites (tertiary alicyclic amines) is 1. The van der Waals surface area contributed by atoms with E-state index < -0.39 is 0 Å². The molecule has 104 valence electrons. The molecule has 19 heavy (non-hydrogen) atoms. The van der Waals surface area contributed by atoms with Gasteiger partial charge in [-0.3, -0.25) is 9.69 Å². The quantitative estimate of drug-likeness (QED) is 0.758. The van der Waals surface area contributed by atoms with Gasteiger partial charge in [0.05, 0.1) is 7.11 Å². The van der Waals surface area contributed by atoms with E-state index in [9.17, 15) is 4.79 Å². The van der Waals surface area contributed by atoms with Crippen molar-refractivity contribution in [3.8, 4) is 5.75 Å². The lowest BCUT2D eigenvalue weighted by Gasteiger charge is -2.35. The van der Waals surface area contributed by atoms with Crippen LogP contribution in [0.15, 0.2) is 24.3 Å². The van der Waals surface area contributed by atoms with E-state index in [-0.39, 0.29) is 0 Å². The number of benzene rings is 1. The van der Waals surface area contributed by atoms with Crippen LogP contribution in [-0.4, -0.2) is 49.5 Å². The van der Waals surface area contributed by atoms with Gasteiger partial charge in [-0.2, -0.15) is 0 Å². The summed E-state index contributed by atoms with van der Waals surface area (Å²) >= 11 is 0. The van der Waals surface area contributed by atoms with Crippen molar-refractivity contribution in [1.29, 1.82) is 0 Å². The van der Waals surface area contributed by atoms with Gasteiger partial charge in [0, 0.05) is 32.7 Å². The number of methoxy groups -OCH3 is 1. The lowest BCUT2D eigenvalue weighted by Crippen LogP contribution is -2.42. The number of piperidine rings is 1. The second-order valence-corrected chi connectivity index (χ2v) is 5.13. The lowest BCUT2D eigenvalue weighted by molar-refractivity contribution is -0.119. The highest BCUT2D eigenvalue weighted by Crippen LogP contribution is 2.18. The fourth-order valence-corrected chi connectivity index (χ4v) is 2.56. The maximum atomic E-state index is 10.7. The number of ether oxygens (including phenoxy) is 1. The van der Waals surface area contributed by atoms with Crippen molar-refractivity contribution < 1.29 is 9.53 Å². The number of amides is 1. The van der Waals surface area contributed by atoms with E-state index in [0.717, 1.165) is 44.6 Å². The molecule has 0 bridgehead atoms. The van der Waals surface area contributed by atoms with Gasteiger partial charge in [-0.25, -0.2) is 0 Å². The van der Waals surface area contributed by atoms with Crippen LogP contribution in [0.3, 0.4) is 0 Å². The third-order valence-electron chi connectivity index (χ3n) is 3.86. The normalized spacial score (nSPS) is 17.2. The van der Waals surface area contributed by atoms with Crippen molar-refractivity contribution in [3.63, 3.8) is 0 Å². The van der Waals surface area contributed by atoms with Gasteiger partial charge in [-0.1, -0.05) is 12.1 Å². The van der Waals surface area contributed by atoms with E-state index in [0.29, 0.717) is 6.04 Å². The van der Waals surface area contributed by atoms with Crippen molar-refractivity contribution >= 4 is 6.41 Å². The Hall–Kier alpha value is -1.55. The summed E-state index contributed by atoms with van der Waals surface area (Å²) in [7, 11) is 3.56. The number of carbonyl (C=O) groups excluding carboxylic acids is 1. The fraction of sp³-hybridized carbons (Fsp3) is 0.533. The second-order valence-electron chi connectivity index (χ2n) is 5.13. The van der Waals surface area contributed by atoms with Crippen LogP contribution in [0.4, 0.5) is 0 Å². The minimum Gasteiger partial charge on any atom is -0.497 e. The standard InChI is InChI=1S/C15H22N2O2/c1-16(12-18)14-7-9-17(10-8-14)11-13-3-5-15(19-2)6-4-13/h3-6,12,14H,7-11H2,1-2H3. The molecule has 0 atom stereocenters. The van der Waals surface area contributed by atoms with E-state index in [1.807, 2.05) is 19.2 Å². The lowest BCUT2D eigenvalue weighted by atomic mass is 10.0. The molecule has 0 N–H and O–H groups in total. The van der Waals surface area contributed by atoms with Crippen molar-refractivity contribution in [2.45, 2.75) is 25.4 Å². The average molecular weight is 262 g/mol. The summed E-state index contributed by atoms with van der Waals surface area (Å²) in [6, 6.07) is 8.64. The molecule has 0 unspecified atom stereocenters. The molecule has 1 fully saturated rings. The molecule has 0 saturated carbocycles. The highest BCUT2D eigenvalue weighted by Gasteiger charge is 2.21. The van der Waals surface area contributed by atoms with E-state index in [4.69, 9.17) is 4.74 Å². The van der Waals surface area contributed by atoms with Gasteiger partial charge >= 0.3 is 0 Å². The van der Waals surface area contributed by atoms with Crippen LogP contribution in [0, 0.1) is 0 Å². The molecule has 1 amide bonds. The Morgan fingerprint density at radius 2 is 1.95 bits per heavy atom. The molecule has 0 aromatic heterocycles. The smallest absolute Gasteiger partial charge is 0.209 e. The highest BCUT2D eigenvalue weighted by atomic mass is 16.5. The first-order chi connectivity index (χ1) is 9.22. The first kappa shape index (κ1) is 13.9. The summed E-state index contributed by atoms with van der Waals surface area (Å²) in [5.41, 5.74) is 1.31. The summed E-state index contributed by atoms with van der Waals surface area (Å²) in [5.74, 6) is 0.898. The van der Waals surface area contributed by atoms with Crippen molar-refractivity contribution in [2.24, 2.45) is 0 Å². The Kier molecular flexibility index (Phi) is 4.80. The maximum absolute atomic E-state index is 10.7. The zero-order valence-electron chi connectivity index (χ0n) is 11.7. The largest absolute Gasteiger partial charge is 0.497 e. The topological polar surface area (TPSA) is 32.8 Å². The zero-order chi connectivity index (χ0) is 13.7. The number of carbonyl (C=O) groups is 1. The SMILES string of the molecule is COc1ccc(CN2CCC(N(C)C=O)CC2)cc1. The number of hydrogen-bond acceptors (Lipinski definition) is 3. The predicted molar refractivity (Wildman–Crippen MR) is 75.1 cm³/mol. The summed E-state index contributed by atoms with van der Waals surface area (Å²) < 4.78 is 5.16. The summed E-state index contributed by atoms with van der Waals surface area (Å²) in [6.45, 7) is 3.07. The van der Waals surface area contributed by atoms with Crippen molar-refractivity contribution in [1.82, 2.24) is 9.80 Å². The van der Waals surface area contributed by atoms with E-state index in [1.165, 1.54) is 5.56 Å². The van der Waals surface area contributed by atoms with Gasteiger partial charge in [0.2, 0.25) is 6.41 Å². The fourth-order valence-electron chi connectivity index (χ4n) is 2.56. The Morgan fingerprint density at radius 3 is 2.47 bits per heavy atom. The Balaban J connectivity index is 1.83. The van der Waals surface area contributed by atoms with E-state index in [1.54, 1.807) is 12.0 Å². The number of rotatable bonds is 5. The second kappa shape index (κ2) is 6.57. The van der Waals surface area contributed by atoms with Crippen LogP contribution in [0.5, 0.6) is 5.75 Å². The molecule has 1 saturated heterocycles. The molecular weight excluding hydrogens is 240 g/mol. The summed E-state index contributed by atoms with van der Waals surface area (Å²) in [4.78, 5) is 15.0. The highest BCUT2D eigenvalue weighted by molar-refractivity contribution is 5.47. The maximum Gasteiger partial charge on any atom is 0.209 e. The van der Waals surface area contributed by atoms with Gasteiger partial charge in [0.15, 0.2) is 0 Å². The van der Waals surface area contributed by atoms with Crippen LogP contribution in [0.2, 0.25) is 0 Å². The molecule has 0 aliphatic carbocycles. The van der Waals surface area contributed by atoms with Crippen LogP contribution in [0.1, 0.15) is 18.4 Å². The number of nitrogens with zero attached hydrogens (tertiary/aromatic N) is 2. The first-order valence-corrected chi connectivity index (χ1v) is 6.75. The molecule has 1 aliphatic rings. The monoisotopic (exact) mass is 262 g/mol. The van der Waals surface area contributed by atoms with E-state index in [2.05, 4.69) is 17.0 Å².